The highest BCUT2D eigenvalue weighted by atomic mass is 79.9. The predicted molar refractivity (Wildman–Crippen MR) is 77.8 cm³/mol. The van der Waals surface area contributed by atoms with Crippen LogP contribution in [0.5, 0.6) is 0 Å². The molecule has 1 rings (SSSR count). The van der Waals surface area contributed by atoms with Crippen LogP contribution < -0.4 is 10.5 Å². The highest BCUT2D eigenvalue weighted by Crippen LogP contribution is 2.24. The van der Waals surface area contributed by atoms with E-state index in [1.54, 1.807) is 12.1 Å². The Morgan fingerprint density at radius 1 is 1.33 bits per heavy atom. The fraction of sp³-hybridized carbons (Fsp3) is 0.500. The van der Waals surface area contributed by atoms with Crippen molar-refractivity contribution in [2.75, 3.05) is 12.3 Å². The Bertz CT molecular complexity index is 521. The molecule has 0 saturated carbocycles. The summed E-state index contributed by atoms with van der Waals surface area (Å²) in [5.74, 6) is 0. The minimum Gasteiger partial charge on any atom is -0.399 e. The van der Waals surface area contributed by atoms with Crippen LogP contribution in [0.4, 0.5) is 5.69 Å². The lowest BCUT2D eigenvalue weighted by Gasteiger charge is -2.18. The first-order valence-electron chi connectivity index (χ1n) is 5.66. The Morgan fingerprint density at radius 3 is 2.50 bits per heavy atom. The molecule has 0 saturated heterocycles. The Labute approximate surface area is 117 Å². The first-order valence-corrected chi connectivity index (χ1v) is 7.94. The van der Waals surface area contributed by atoms with Gasteiger partial charge in [0, 0.05) is 16.7 Å². The second-order valence-corrected chi connectivity index (χ2v) is 7.99. The molecule has 0 aromatic heterocycles. The van der Waals surface area contributed by atoms with Crippen LogP contribution in [-0.4, -0.2) is 15.0 Å². The summed E-state index contributed by atoms with van der Waals surface area (Å²) in [4.78, 5) is 0.177. The van der Waals surface area contributed by atoms with Gasteiger partial charge in [-0.3, -0.25) is 0 Å². The van der Waals surface area contributed by atoms with Gasteiger partial charge in [0.25, 0.3) is 0 Å². The summed E-state index contributed by atoms with van der Waals surface area (Å²) in [7, 11) is -3.51. The van der Waals surface area contributed by atoms with Crippen molar-refractivity contribution < 1.29 is 8.42 Å². The Kier molecular flexibility index (Phi) is 4.80. The van der Waals surface area contributed by atoms with Gasteiger partial charge in [0.2, 0.25) is 10.0 Å². The van der Waals surface area contributed by atoms with E-state index in [9.17, 15) is 8.42 Å². The van der Waals surface area contributed by atoms with Crippen LogP contribution in [0.1, 0.15) is 27.2 Å². The molecule has 1 aromatic carbocycles. The van der Waals surface area contributed by atoms with E-state index in [0.717, 1.165) is 6.42 Å². The van der Waals surface area contributed by atoms with E-state index in [4.69, 9.17) is 5.73 Å². The van der Waals surface area contributed by atoms with E-state index in [-0.39, 0.29) is 10.3 Å². The summed E-state index contributed by atoms with van der Waals surface area (Å²) in [6.45, 7) is 6.61. The summed E-state index contributed by atoms with van der Waals surface area (Å²) in [6, 6.07) is 4.73. The van der Waals surface area contributed by atoms with Gasteiger partial charge in [0.15, 0.2) is 0 Å². The average Bonchev–Trinajstić information content (AvgIpc) is 2.19. The van der Waals surface area contributed by atoms with Crippen LogP contribution in [0.15, 0.2) is 27.6 Å². The highest BCUT2D eigenvalue weighted by Gasteiger charge is 2.19. The third-order valence-electron chi connectivity index (χ3n) is 2.41. The minimum absolute atomic E-state index is 0.0927. The van der Waals surface area contributed by atoms with Crippen LogP contribution in [0.3, 0.4) is 0 Å². The Balaban J connectivity index is 2.84. The van der Waals surface area contributed by atoms with Gasteiger partial charge in [0.1, 0.15) is 0 Å². The summed E-state index contributed by atoms with van der Waals surface area (Å²) in [6.07, 6.45) is 0.770. The number of anilines is 1. The van der Waals surface area contributed by atoms with Crippen molar-refractivity contribution in [3.8, 4) is 0 Å². The number of nitrogens with two attached hydrogens (primary N) is 1. The van der Waals surface area contributed by atoms with Gasteiger partial charge in [-0.25, -0.2) is 13.1 Å². The molecule has 1 aromatic rings. The van der Waals surface area contributed by atoms with Crippen molar-refractivity contribution in [3.63, 3.8) is 0 Å². The van der Waals surface area contributed by atoms with Gasteiger partial charge in [-0.15, -0.1) is 0 Å². The van der Waals surface area contributed by atoms with Crippen LogP contribution in [0, 0.1) is 5.41 Å². The van der Waals surface area contributed by atoms with Gasteiger partial charge >= 0.3 is 0 Å². The molecule has 6 heteroatoms. The third kappa shape index (κ3) is 4.59. The molecule has 0 unspecified atom stereocenters. The molecule has 0 atom stereocenters. The molecule has 0 bridgehead atoms. The highest BCUT2D eigenvalue weighted by molar-refractivity contribution is 9.10. The first-order chi connectivity index (χ1) is 8.12. The number of hydrogen-bond donors (Lipinski definition) is 2. The first kappa shape index (κ1) is 15.5. The number of nitrogen functional groups attached to an aromatic ring is 1. The zero-order valence-electron chi connectivity index (χ0n) is 10.8. The van der Waals surface area contributed by atoms with Gasteiger partial charge in [0.05, 0.1) is 4.90 Å². The van der Waals surface area contributed by atoms with Gasteiger partial charge in [-0.05, 0) is 46.0 Å². The number of sulfonamides is 1. The molecule has 0 radical (unpaired) electrons. The normalized spacial score (nSPS) is 12.7. The van der Waals surface area contributed by atoms with Crippen LogP contribution in [0.2, 0.25) is 0 Å². The summed E-state index contributed by atoms with van der Waals surface area (Å²) in [5.41, 5.74) is 6.13. The van der Waals surface area contributed by atoms with Crippen molar-refractivity contribution in [1.29, 1.82) is 0 Å². The quantitative estimate of drug-likeness (QED) is 0.831. The van der Waals surface area contributed by atoms with E-state index in [2.05, 4.69) is 41.4 Å². The van der Waals surface area contributed by atoms with E-state index in [0.29, 0.717) is 16.7 Å². The number of benzene rings is 1. The van der Waals surface area contributed by atoms with Crippen LogP contribution >= 0.6 is 15.9 Å². The predicted octanol–water partition coefficient (Wildman–Crippen LogP) is 2.75. The average molecular weight is 335 g/mol. The van der Waals surface area contributed by atoms with Crippen molar-refractivity contribution in [3.05, 3.63) is 22.7 Å². The molecule has 0 amide bonds. The number of nitrogens with one attached hydrogen (secondary N) is 1. The fourth-order valence-electron chi connectivity index (χ4n) is 1.36. The zero-order chi connectivity index (χ0) is 14.0. The van der Waals surface area contributed by atoms with Crippen molar-refractivity contribution >= 4 is 31.6 Å². The second-order valence-electron chi connectivity index (χ2n) is 5.40. The van der Waals surface area contributed by atoms with Crippen molar-refractivity contribution in [2.24, 2.45) is 5.41 Å². The number of rotatable bonds is 4. The number of halogens is 1. The van der Waals surface area contributed by atoms with E-state index >= 15 is 0 Å². The zero-order valence-corrected chi connectivity index (χ0v) is 13.2. The molecule has 0 aliphatic heterocycles. The maximum atomic E-state index is 12.1. The van der Waals surface area contributed by atoms with Crippen molar-refractivity contribution in [2.45, 2.75) is 32.1 Å². The lowest BCUT2D eigenvalue weighted by atomic mass is 9.93. The molecule has 18 heavy (non-hydrogen) atoms. The second kappa shape index (κ2) is 5.59. The third-order valence-corrected chi connectivity index (χ3v) is 4.87. The molecule has 0 aliphatic rings. The van der Waals surface area contributed by atoms with E-state index < -0.39 is 10.0 Å². The maximum absolute atomic E-state index is 12.1. The topological polar surface area (TPSA) is 72.2 Å². The van der Waals surface area contributed by atoms with Crippen LogP contribution in [0.25, 0.3) is 0 Å². The fourth-order valence-corrected chi connectivity index (χ4v) is 3.39. The molecule has 0 aliphatic carbocycles. The van der Waals surface area contributed by atoms with Gasteiger partial charge in [-0.1, -0.05) is 20.8 Å². The SMILES string of the molecule is CC(C)(C)CCNS(=O)(=O)c1cc(N)ccc1Br. The largest absolute Gasteiger partial charge is 0.399 e. The minimum atomic E-state index is -3.51. The Morgan fingerprint density at radius 2 is 1.94 bits per heavy atom. The molecule has 4 nitrogen and oxygen atoms in total. The standard InChI is InChI=1S/C12H19BrN2O2S/c1-12(2,3)6-7-15-18(16,17)11-8-9(14)4-5-10(11)13/h4-5,8,15H,6-7,14H2,1-3H3. The molecular weight excluding hydrogens is 316 g/mol. The van der Waals surface area contributed by atoms with Crippen LogP contribution in [-0.2, 0) is 10.0 Å². The van der Waals surface area contributed by atoms with E-state index in [1.807, 2.05) is 0 Å². The molecule has 0 fully saturated rings. The smallest absolute Gasteiger partial charge is 0.241 e. The summed E-state index contributed by atoms with van der Waals surface area (Å²) >= 11 is 3.22. The lowest BCUT2D eigenvalue weighted by Crippen LogP contribution is -2.27. The monoisotopic (exact) mass is 334 g/mol. The van der Waals surface area contributed by atoms with Gasteiger partial charge < -0.3 is 5.73 Å². The van der Waals surface area contributed by atoms with Crippen molar-refractivity contribution in [1.82, 2.24) is 4.72 Å². The molecule has 102 valence electrons. The molecule has 3 N–H and O–H groups in total. The maximum Gasteiger partial charge on any atom is 0.241 e. The summed E-state index contributed by atoms with van der Waals surface area (Å²) in [5, 5.41) is 0. The molecular formula is C12H19BrN2O2S. The van der Waals surface area contributed by atoms with Gasteiger partial charge in [-0.2, -0.15) is 0 Å². The summed E-state index contributed by atoms with van der Waals surface area (Å²) < 4.78 is 27.3. The number of hydrogen-bond acceptors (Lipinski definition) is 3. The molecule has 0 heterocycles. The van der Waals surface area contributed by atoms with E-state index in [1.165, 1.54) is 6.07 Å². The molecule has 0 spiro atoms. The Hall–Kier alpha value is -0.590. The lowest BCUT2D eigenvalue weighted by molar-refractivity contribution is 0.378.